The third-order valence-electron chi connectivity index (χ3n) is 4.82. The van der Waals surface area contributed by atoms with Gasteiger partial charge in [0.05, 0.1) is 22.5 Å². The lowest BCUT2D eigenvalue weighted by molar-refractivity contribution is 0.101. The van der Waals surface area contributed by atoms with Crippen LogP contribution in [0.25, 0.3) is 10.2 Å². The number of para-hydroxylation sites is 2. The van der Waals surface area contributed by atoms with Gasteiger partial charge >= 0.3 is 0 Å². The van der Waals surface area contributed by atoms with Gasteiger partial charge in [0.15, 0.2) is 0 Å². The largest absolute Gasteiger partial charge is 0.492 e. The Morgan fingerprint density at radius 3 is 2.88 bits per heavy atom. The summed E-state index contributed by atoms with van der Waals surface area (Å²) >= 11 is 1.69. The maximum absolute atomic E-state index is 13.0. The SMILES string of the molecule is CCOc1ccccc1NC(=O)c1cc2sccc2n1C1CCCC1. The second kappa shape index (κ2) is 6.92. The molecule has 0 atom stereocenters. The van der Waals surface area contributed by atoms with E-state index in [0.717, 1.165) is 24.2 Å². The average Bonchev–Trinajstić information content (AvgIpc) is 3.33. The van der Waals surface area contributed by atoms with Crippen molar-refractivity contribution in [2.24, 2.45) is 0 Å². The maximum Gasteiger partial charge on any atom is 0.272 e. The molecule has 1 aromatic carbocycles. The number of hydrogen-bond acceptors (Lipinski definition) is 3. The van der Waals surface area contributed by atoms with Crippen LogP contribution in [0.4, 0.5) is 5.69 Å². The first-order chi connectivity index (χ1) is 12.3. The van der Waals surface area contributed by atoms with Crippen molar-refractivity contribution in [2.75, 3.05) is 11.9 Å². The van der Waals surface area contributed by atoms with Crippen LogP contribution in [-0.2, 0) is 0 Å². The highest BCUT2D eigenvalue weighted by Gasteiger charge is 2.25. The number of ether oxygens (including phenoxy) is 1. The molecule has 1 fully saturated rings. The summed E-state index contributed by atoms with van der Waals surface area (Å²) in [7, 11) is 0. The van der Waals surface area contributed by atoms with Gasteiger partial charge in [0, 0.05) is 6.04 Å². The number of amides is 1. The molecule has 1 aliphatic rings. The summed E-state index contributed by atoms with van der Waals surface area (Å²) in [6.07, 6.45) is 4.77. The summed E-state index contributed by atoms with van der Waals surface area (Å²) in [6.45, 7) is 2.51. The van der Waals surface area contributed by atoms with Crippen molar-refractivity contribution in [3.63, 3.8) is 0 Å². The molecule has 0 spiro atoms. The van der Waals surface area contributed by atoms with Crippen LogP contribution in [0.1, 0.15) is 49.1 Å². The molecule has 0 aliphatic heterocycles. The number of aromatic nitrogens is 1. The van der Waals surface area contributed by atoms with E-state index in [-0.39, 0.29) is 5.91 Å². The Labute approximate surface area is 151 Å². The molecule has 130 valence electrons. The molecule has 0 radical (unpaired) electrons. The maximum atomic E-state index is 13.0. The van der Waals surface area contributed by atoms with Gasteiger partial charge < -0.3 is 14.6 Å². The Morgan fingerprint density at radius 1 is 1.28 bits per heavy atom. The van der Waals surface area contributed by atoms with Crippen LogP contribution in [0, 0.1) is 0 Å². The van der Waals surface area contributed by atoms with Crippen molar-refractivity contribution in [3.05, 3.63) is 47.5 Å². The Bertz CT molecular complexity index is 890. The molecule has 25 heavy (non-hydrogen) atoms. The van der Waals surface area contributed by atoms with Gasteiger partial charge in [-0.3, -0.25) is 4.79 Å². The molecule has 2 heterocycles. The van der Waals surface area contributed by atoms with Gasteiger partial charge in [0.2, 0.25) is 0 Å². The molecule has 1 aliphatic carbocycles. The molecular weight excluding hydrogens is 332 g/mol. The molecule has 4 nitrogen and oxygen atoms in total. The van der Waals surface area contributed by atoms with Crippen LogP contribution in [-0.4, -0.2) is 17.1 Å². The predicted molar refractivity (Wildman–Crippen MR) is 103 cm³/mol. The van der Waals surface area contributed by atoms with Gasteiger partial charge in [0.25, 0.3) is 5.91 Å². The van der Waals surface area contributed by atoms with Gasteiger partial charge in [-0.2, -0.15) is 0 Å². The van der Waals surface area contributed by atoms with Crippen LogP contribution in [0.5, 0.6) is 5.75 Å². The molecule has 1 amide bonds. The number of carbonyl (C=O) groups excluding carboxylic acids is 1. The topological polar surface area (TPSA) is 43.3 Å². The zero-order valence-corrected chi connectivity index (χ0v) is 15.1. The van der Waals surface area contributed by atoms with Gasteiger partial charge in [-0.15, -0.1) is 11.3 Å². The Kier molecular flexibility index (Phi) is 4.49. The van der Waals surface area contributed by atoms with E-state index in [4.69, 9.17) is 4.74 Å². The van der Waals surface area contributed by atoms with Crippen molar-refractivity contribution < 1.29 is 9.53 Å². The van der Waals surface area contributed by atoms with Gasteiger partial charge in [-0.25, -0.2) is 0 Å². The second-order valence-electron chi connectivity index (χ2n) is 6.39. The average molecular weight is 354 g/mol. The zero-order chi connectivity index (χ0) is 17.2. The Balaban J connectivity index is 1.68. The molecule has 4 rings (SSSR count). The number of hydrogen-bond donors (Lipinski definition) is 1. The molecule has 3 aromatic rings. The summed E-state index contributed by atoms with van der Waals surface area (Å²) in [6, 6.07) is 12.2. The number of benzene rings is 1. The molecule has 1 saturated carbocycles. The van der Waals surface area contributed by atoms with E-state index in [9.17, 15) is 4.79 Å². The molecule has 0 saturated heterocycles. The molecule has 5 heteroatoms. The molecule has 0 unspecified atom stereocenters. The summed E-state index contributed by atoms with van der Waals surface area (Å²) < 4.78 is 9.05. The third kappa shape index (κ3) is 3.04. The number of nitrogens with zero attached hydrogens (tertiary/aromatic N) is 1. The summed E-state index contributed by atoms with van der Waals surface area (Å²) in [5.74, 6) is 0.640. The smallest absolute Gasteiger partial charge is 0.272 e. The fourth-order valence-electron chi connectivity index (χ4n) is 3.71. The number of anilines is 1. The van der Waals surface area contributed by atoms with Crippen molar-refractivity contribution >= 4 is 33.1 Å². The Morgan fingerprint density at radius 2 is 2.08 bits per heavy atom. The summed E-state index contributed by atoms with van der Waals surface area (Å²) in [4.78, 5) is 13.0. The highest BCUT2D eigenvalue weighted by atomic mass is 32.1. The zero-order valence-electron chi connectivity index (χ0n) is 14.3. The van der Waals surface area contributed by atoms with E-state index in [2.05, 4.69) is 21.3 Å². The van der Waals surface area contributed by atoms with Crippen molar-refractivity contribution in [1.82, 2.24) is 4.57 Å². The van der Waals surface area contributed by atoms with Crippen molar-refractivity contribution in [3.8, 4) is 5.75 Å². The fraction of sp³-hybridized carbons (Fsp3) is 0.350. The Hall–Kier alpha value is -2.27. The highest BCUT2D eigenvalue weighted by Crippen LogP contribution is 2.37. The fourth-order valence-corrected chi connectivity index (χ4v) is 4.52. The van der Waals surface area contributed by atoms with E-state index in [1.54, 1.807) is 11.3 Å². The van der Waals surface area contributed by atoms with Crippen LogP contribution in [0.2, 0.25) is 0 Å². The lowest BCUT2D eigenvalue weighted by Crippen LogP contribution is -2.19. The monoisotopic (exact) mass is 354 g/mol. The number of carbonyl (C=O) groups is 1. The standard InChI is InChI=1S/C20H22N2O2S/c1-2-24-18-10-6-5-9-15(18)21-20(23)17-13-19-16(11-12-25-19)22(17)14-7-3-4-8-14/h5-6,9-14H,2-4,7-8H2,1H3,(H,21,23). The van der Waals surface area contributed by atoms with Crippen LogP contribution in [0.3, 0.4) is 0 Å². The molecule has 0 bridgehead atoms. The minimum Gasteiger partial charge on any atom is -0.492 e. The molecular formula is C20H22N2O2S. The van der Waals surface area contributed by atoms with Gasteiger partial charge in [-0.1, -0.05) is 25.0 Å². The molecule has 2 aromatic heterocycles. The number of nitrogens with one attached hydrogen (secondary N) is 1. The predicted octanol–water partition coefficient (Wildman–Crippen LogP) is 5.47. The van der Waals surface area contributed by atoms with E-state index in [0.29, 0.717) is 18.4 Å². The first-order valence-corrected chi connectivity index (χ1v) is 9.77. The number of thiophene rings is 1. The summed E-state index contributed by atoms with van der Waals surface area (Å²) in [5, 5.41) is 5.15. The van der Waals surface area contributed by atoms with Crippen molar-refractivity contribution in [1.29, 1.82) is 0 Å². The quantitative estimate of drug-likeness (QED) is 0.660. The molecule has 1 N–H and O–H groups in total. The van der Waals surface area contributed by atoms with E-state index in [1.807, 2.05) is 37.3 Å². The number of rotatable bonds is 5. The summed E-state index contributed by atoms with van der Waals surface area (Å²) in [5.41, 5.74) is 2.65. The van der Waals surface area contributed by atoms with E-state index < -0.39 is 0 Å². The minimum absolute atomic E-state index is 0.0672. The normalized spacial score (nSPS) is 14.9. The first-order valence-electron chi connectivity index (χ1n) is 8.89. The van der Waals surface area contributed by atoms with Crippen molar-refractivity contribution in [2.45, 2.75) is 38.6 Å². The van der Waals surface area contributed by atoms with Crippen LogP contribution < -0.4 is 10.1 Å². The minimum atomic E-state index is -0.0672. The second-order valence-corrected chi connectivity index (χ2v) is 7.34. The lowest BCUT2D eigenvalue weighted by Gasteiger charge is -2.18. The van der Waals surface area contributed by atoms with Gasteiger partial charge in [-0.05, 0) is 49.4 Å². The highest BCUT2D eigenvalue weighted by molar-refractivity contribution is 7.17. The van der Waals surface area contributed by atoms with Crippen LogP contribution >= 0.6 is 11.3 Å². The van der Waals surface area contributed by atoms with Gasteiger partial charge in [0.1, 0.15) is 11.4 Å². The lowest BCUT2D eigenvalue weighted by atomic mass is 10.2. The van der Waals surface area contributed by atoms with E-state index >= 15 is 0 Å². The number of fused-ring (bicyclic) bond motifs is 1. The first kappa shape index (κ1) is 16.2. The third-order valence-corrected chi connectivity index (χ3v) is 5.67. The van der Waals surface area contributed by atoms with E-state index in [1.165, 1.54) is 23.1 Å². The van der Waals surface area contributed by atoms with Crippen LogP contribution in [0.15, 0.2) is 41.8 Å².